The van der Waals surface area contributed by atoms with Crippen LogP contribution in [0.5, 0.6) is 0 Å². The first-order chi connectivity index (χ1) is 13.1. The van der Waals surface area contributed by atoms with Crippen molar-refractivity contribution in [2.24, 2.45) is 5.73 Å². The normalized spacial score (nSPS) is 21.0. The predicted molar refractivity (Wildman–Crippen MR) is 91.3 cm³/mol. The van der Waals surface area contributed by atoms with E-state index in [1.807, 2.05) is 0 Å². The van der Waals surface area contributed by atoms with Gasteiger partial charge in [-0.1, -0.05) is 0 Å². The Morgan fingerprint density at radius 1 is 1.22 bits per heavy atom. The third-order valence-electron chi connectivity index (χ3n) is 4.92. The molecule has 0 radical (unpaired) electrons. The van der Waals surface area contributed by atoms with E-state index in [0.717, 1.165) is 12.1 Å². The molecule has 1 aromatic heterocycles. The van der Waals surface area contributed by atoms with E-state index in [2.05, 4.69) is 15.4 Å². The molecule has 2 aromatic rings. The van der Waals surface area contributed by atoms with Crippen molar-refractivity contribution in [1.29, 1.82) is 0 Å². The maximum absolute atomic E-state index is 14.7. The SMILES string of the molecule is NC[C@H]1CN(c2cc(F)c(N3CCC(n4ncnn4)CC3)c(F)c2)C(=O)O1. The lowest BCUT2D eigenvalue weighted by atomic mass is 10.0. The monoisotopic (exact) mass is 379 g/mol. The first-order valence-corrected chi connectivity index (χ1v) is 8.71. The van der Waals surface area contributed by atoms with Crippen LogP contribution in [0.15, 0.2) is 18.5 Å². The van der Waals surface area contributed by atoms with Gasteiger partial charge in [0, 0.05) is 31.8 Å². The van der Waals surface area contributed by atoms with E-state index in [0.29, 0.717) is 25.9 Å². The molecule has 1 aromatic carbocycles. The van der Waals surface area contributed by atoms with Crippen LogP contribution < -0.4 is 15.5 Å². The Labute approximate surface area is 153 Å². The second-order valence-corrected chi connectivity index (χ2v) is 6.58. The van der Waals surface area contributed by atoms with Crippen molar-refractivity contribution in [2.75, 3.05) is 36.0 Å². The summed E-state index contributed by atoms with van der Waals surface area (Å²) in [5.74, 6) is -1.43. The van der Waals surface area contributed by atoms with Crippen molar-refractivity contribution in [1.82, 2.24) is 20.2 Å². The van der Waals surface area contributed by atoms with Crippen LogP contribution in [0.25, 0.3) is 0 Å². The quantitative estimate of drug-likeness (QED) is 0.848. The van der Waals surface area contributed by atoms with E-state index in [4.69, 9.17) is 10.5 Å². The average molecular weight is 379 g/mol. The molecule has 27 heavy (non-hydrogen) atoms. The zero-order valence-corrected chi connectivity index (χ0v) is 14.5. The van der Waals surface area contributed by atoms with Crippen LogP contribution in [0.4, 0.5) is 25.0 Å². The summed E-state index contributed by atoms with van der Waals surface area (Å²) < 4.78 is 34.4. The molecule has 9 nitrogen and oxygen atoms in total. The maximum Gasteiger partial charge on any atom is 0.414 e. The number of tetrazole rings is 1. The Morgan fingerprint density at radius 2 is 1.93 bits per heavy atom. The minimum atomic E-state index is -0.716. The Bertz CT molecular complexity index is 801. The molecule has 1 atom stereocenters. The number of piperidine rings is 1. The van der Waals surface area contributed by atoms with Crippen molar-refractivity contribution in [3.05, 3.63) is 30.1 Å². The number of benzene rings is 1. The van der Waals surface area contributed by atoms with Crippen LogP contribution in [0.3, 0.4) is 0 Å². The van der Waals surface area contributed by atoms with E-state index in [9.17, 15) is 13.6 Å². The second-order valence-electron chi connectivity index (χ2n) is 6.58. The molecule has 2 N–H and O–H groups in total. The summed E-state index contributed by atoms with van der Waals surface area (Å²) in [5, 5.41) is 11.6. The van der Waals surface area contributed by atoms with Gasteiger partial charge >= 0.3 is 6.09 Å². The predicted octanol–water partition coefficient (Wildman–Crippen LogP) is 1.08. The van der Waals surface area contributed by atoms with E-state index < -0.39 is 23.8 Å². The Morgan fingerprint density at radius 3 is 2.48 bits per heavy atom. The number of aromatic nitrogens is 4. The van der Waals surface area contributed by atoms with Crippen molar-refractivity contribution in [3.8, 4) is 0 Å². The molecule has 144 valence electrons. The van der Waals surface area contributed by atoms with Gasteiger partial charge in [-0.2, -0.15) is 4.80 Å². The van der Waals surface area contributed by atoms with Gasteiger partial charge in [0.2, 0.25) is 0 Å². The number of ether oxygens (including phenoxy) is 1. The fraction of sp³-hybridized carbons (Fsp3) is 0.500. The smallest absolute Gasteiger partial charge is 0.414 e. The number of hydrogen-bond acceptors (Lipinski definition) is 7. The minimum Gasteiger partial charge on any atom is -0.443 e. The Kier molecular flexibility index (Phi) is 4.60. The first kappa shape index (κ1) is 17.6. The number of anilines is 2. The van der Waals surface area contributed by atoms with Crippen LogP contribution in [0, 0.1) is 11.6 Å². The molecule has 0 unspecified atom stereocenters. The number of cyclic esters (lactones) is 1. The van der Waals surface area contributed by atoms with Gasteiger partial charge in [0.1, 0.15) is 11.8 Å². The number of rotatable bonds is 4. The molecule has 3 heterocycles. The number of halogens is 2. The highest BCUT2D eigenvalue weighted by molar-refractivity contribution is 5.90. The molecule has 0 aliphatic carbocycles. The molecule has 2 aliphatic rings. The molecule has 2 saturated heterocycles. The number of carbonyl (C=O) groups excluding carboxylic acids is 1. The first-order valence-electron chi connectivity index (χ1n) is 8.71. The zero-order chi connectivity index (χ0) is 19.0. The number of carbonyl (C=O) groups is 1. The molecule has 0 bridgehead atoms. The summed E-state index contributed by atoms with van der Waals surface area (Å²) in [6, 6.07) is 2.37. The van der Waals surface area contributed by atoms with Crippen LogP contribution in [0.2, 0.25) is 0 Å². The van der Waals surface area contributed by atoms with Crippen LogP contribution >= 0.6 is 0 Å². The van der Waals surface area contributed by atoms with Gasteiger partial charge < -0.3 is 15.4 Å². The van der Waals surface area contributed by atoms with Gasteiger partial charge in [-0.05, 0) is 18.1 Å². The fourth-order valence-electron chi connectivity index (χ4n) is 3.53. The van der Waals surface area contributed by atoms with Crippen molar-refractivity contribution in [2.45, 2.75) is 25.0 Å². The third kappa shape index (κ3) is 3.29. The van der Waals surface area contributed by atoms with E-state index in [-0.39, 0.29) is 30.5 Å². The van der Waals surface area contributed by atoms with Gasteiger partial charge in [-0.15, -0.1) is 10.2 Å². The second kappa shape index (κ2) is 7.06. The molecule has 4 rings (SSSR count). The Hall–Kier alpha value is -2.82. The highest BCUT2D eigenvalue weighted by Crippen LogP contribution is 2.33. The van der Waals surface area contributed by atoms with Gasteiger partial charge in [0.25, 0.3) is 0 Å². The summed E-state index contributed by atoms with van der Waals surface area (Å²) in [6.07, 6.45) is 1.52. The maximum atomic E-state index is 14.7. The van der Waals surface area contributed by atoms with Crippen LogP contribution in [0.1, 0.15) is 18.9 Å². The number of amides is 1. The molecular weight excluding hydrogens is 360 g/mol. The molecule has 11 heteroatoms. The molecular formula is C16H19F2N7O2. The standard InChI is InChI=1S/C16H19F2N7O2/c17-13-5-11(24-8-12(7-19)27-16(24)26)6-14(18)15(13)23-3-1-10(2-4-23)25-21-9-20-22-25/h5-6,9-10,12H,1-4,7-8,19H2/t12-/m0/s1. The van der Waals surface area contributed by atoms with Crippen molar-refractivity contribution in [3.63, 3.8) is 0 Å². The van der Waals surface area contributed by atoms with E-state index >= 15 is 0 Å². The molecule has 0 saturated carbocycles. The Balaban J connectivity index is 1.50. The van der Waals surface area contributed by atoms with Gasteiger partial charge in [-0.25, -0.2) is 13.6 Å². The number of hydrogen-bond donors (Lipinski definition) is 1. The molecule has 1 amide bonds. The van der Waals surface area contributed by atoms with Crippen molar-refractivity contribution < 1.29 is 18.3 Å². The molecule has 2 fully saturated rings. The topological polar surface area (TPSA) is 102 Å². The lowest BCUT2D eigenvalue weighted by molar-refractivity contribution is 0.145. The van der Waals surface area contributed by atoms with Crippen LogP contribution in [-0.2, 0) is 4.74 Å². The molecule has 2 aliphatic heterocycles. The number of nitrogens with zero attached hydrogens (tertiary/aromatic N) is 6. The van der Waals surface area contributed by atoms with Gasteiger partial charge in [0.05, 0.1) is 18.3 Å². The van der Waals surface area contributed by atoms with E-state index in [1.165, 1.54) is 16.0 Å². The minimum absolute atomic E-state index is 0.0571. The lowest BCUT2D eigenvalue weighted by Gasteiger charge is -2.33. The average Bonchev–Trinajstić information content (AvgIpc) is 3.31. The summed E-state index contributed by atoms with van der Waals surface area (Å²) in [4.78, 5) is 16.3. The fourth-order valence-corrected chi connectivity index (χ4v) is 3.53. The third-order valence-corrected chi connectivity index (χ3v) is 4.92. The summed E-state index contributed by atoms with van der Waals surface area (Å²) >= 11 is 0. The number of nitrogens with two attached hydrogens (primary N) is 1. The van der Waals surface area contributed by atoms with Crippen molar-refractivity contribution >= 4 is 17.5 Å². The summed E-state index contributed by atoms with van der Waals surface area (Å²) in [5.41, 5.74) is 5.52. The van der Waals surface area contributed by atoms with E-state index in [1.54, 1.807) is 4.90 Å². The highest BCUT2D eigenvalue weighted by atomic mass is 19.1. The summed E-state index contributed by atoms with van der Waals surface area (Å²) in [6.45, 7) is 1.24. The van der Waals surface area contributed by atoms with Crippen LogP contribution in [-0.4, -0.2) is 58.6 Å². The van der Waals surface area contributed by atoms with Gasteiger partial charge in [0.15, 0.2) is 18.0 Å². The summed E-state index contributed by atoms with van der Waals surface area (Å²) in [7, 11) is 0. The van der Waals surface area contributed by atoms with Gasteiger partial charge in [-0.3, -0.25) is 4.90 Å². The lowest BCUT2D eigenvalue weighted by Crippen LogP contribution is -2.36. The molecule has 0 spiro atoms. The largest absolute Gasteiger partial charge is 0.443 e. The highest BCUT2D eigenvalue weighted by Gasteiger charge is 2.33. The zero-order valence-electron chi connectivity index (χ0n) is 14.5.